The minimum atomic E-state index is 0. The SMILES string of the molecule is CN=C(NCC1(C)CCCS1)NCC1(c2ccccc2)CC1.I. The predicted octanol–water partition coefficient (Wildman–Crippen LogP) is 3.79. The van der Waals surface area contributed by atoms with Gasteiger partial charge in [-0.15, -0.1) is 24.0 Å². The largest absolute Gasteiger partial charge is 0.356 e. The summed E-state index contributed by atoms with van der Waals surface area (Å²) < 4.78 is 0.369. The van der Waals surface area contributed by atoms with Gasteiger partial charge >= 0.3 is 0 Å². The Morgan fingerprint density at radius 2 is 1.83 bits per heavy atom. The molecule has 1 aromatic rings. The lowest BCUT2D eigenvalue weighted by molar-refractivity contribution is 0.578. The molecule has 2 N–H and O–H groups in total. The van der Waals surface area contributed by atoms with Gasteiger partial charge in [-0.1, -0.05) is 30.3 Å². The van der Waals surface area contributed by atoms with Crippen molar-refractivity contribution < 1.29 is 0 Å². The number of hydrogen-bond donors (Lipinski definition) is 2. The first-order chi connectivity index (χ1) is 10.7. The molecular formula is C18H28IN3S. The molecule has 0 radical (unpaired) electrons. The third-order valence-corrected chi connectivity index (χ3v) is 6.53. The zero-order valence-corrected chi connectivity index (χ0v) is 17.2. The van der Waals surface area contributed by atoms with E-state index < -0.39 is 0 Å². The van der Waals surface area contributed by atoms with Crippen LogP contribution in [-0.2, 0) is 5.41 Å². The van der Waals surface area contributed by atoms with Crippen molar-refractivity contribution in [2.75, 3.05) is 25.9 Å². The van der Waals surface area contributed by atoms with Crippen LogP contribution < -0.4 is 10.6 Å². The van der Waals surface area contributed by atoms with E-state index in [1.54, 1.807) is 0 Å². The van der Waals surface area contributed by atoms with E-state index in [2.05, 4.69) is 64.6 Å². The maximum Gasteiger partial charge on any atom is 0.191 e. The maximum atomic E-state index is 4.39. The van der Waals surface area contributed by atoms with Gasteiger partial charge in [0.2, 0.25) is 0 Å². The van der Waals surface area contributed by atoms with Crippen LogP contribution in [0.1, 0.15) is 38.2 Å². The first kappa shape index (κ1) is 18.9. The summed E-state index contributed by atoms with van der Waals surface area (Å²) in [7, 11) is 1.86. The molecule has 1 heterocycles. The summed E-state index contributed by atoms with van der Waals surface area (Å²) in [5.41, 5.74) is 1.78. The average molecular weight is 445 g/mol. The summed E-state index contributed by atoms with van der Waals surface area (Å²) >= 11 is 2.08. The second-order valence-electron chi connectivity index (χ2n) is 6.83. The van der Waals surface area contributed by atoms with E-state index in [9.17, 15) is 0 Å². The van der Waals surface area contributed by atoms with Crippen LogP contribution >= 0.6 is 35.7 Å². The van der Waals surface area contributed by atoms with E-state index in [-0.39, 0.29) is 24.0 Å². The van der Waals surface area contributed by atoms with Gasteiger partial charge in [0, 0.05) is 30.3 Å². The third kappa shape index (κ3) is 4.78. The van der Waals surface area contributed by atoms with Crippen molar-refractivity contribution in [2.45, 2.75) is 42.8 Å². The van der Waals surface area contributed by atoms with Crippen LogP contribution in [0.5, 0.6) is 0 Å². The molecule has 1 aliphatic carbocycles. The van der Waals surface area contributed by atoms with Crippen molar-refractivity contribution in [1.29, 1.82) is 0 Å². The Morgan fingerprint density at radius 3 is 2.39 bits per heavy atom. The number of thioether (sulfide) groups is 1. The Hall–Kier alpha value is -0.430. The van der Waals surface area contributed by atoms with Gasteiger partial charge in [-0.25, -0.2) is 0 Å². The normalized spacial score (nSPS) is 25.6. The van der Waals surface area contributed by atoms with Crippen LogP contribution in [0.2, 0.25) is 0 Å². The van der Waals surface area contributed by atoms with Gasteiger partial charge in [0.1, 0.15) is 0 Å². The zero-order chi connectivity index (χ0) is 15.5. The van der Waals surface area contributed by atoms with Crippen LogP contribution in [-0.4, -0.2) is 36.6 Å². The molecule has 0 bridgehead atoms. The standard InChI is InChI=1S/C18H27N3S.HI/c1-17(9-6-12-22-17)13-20-16(19-2)21-14-18(10-11-18)15-7-4-3-5-8-15;/h3-5,7-8H,6,9-14H2,1-2H3,(H2,19,20,21);1H. The smallest absolute Gasteiger partial charge is 0.191 e. The van der Waals surface area contributed by atoms with E-state index in [1.807, 2.05) is 7.05 Å². The highest BCUT2D eigenvalue weighted by molar-refractivity contribution is 14.0. The number of nitrogens with zero attached hydrogens (tertiary/aromatic N) is 1. The van der Waals surface area contributed by atoms with E-state index in [0.717, 1.165) is 19.0 Å². The van der Waals surface area contributed by atoms with Crippen LogP contribution in [0.4, 0.5) is 0 Å². The molecule has 1 aliphatic heterocycles. The summed E-state index contributed by atoms with van der Waals surface area (Å²) in [6.07, 6.45) is 5.19. The topological polar surface area (TPSA) is 36.4 Å². The Labute approximate surface area is 161 Å². The molecule has 1 saturated carbocycles. The first-order valence-corrected chi connectivity index (χ1v) is 9.28. The number of nitrogens with one attached hydrogen (secondary N) is 2. The molecule has 0 amide bonds. The monoisotopic (exact) mass is 445 g/mol. The van der Waals surface area contributed by atoms with Crippen LogP contribution in [0.15, 0.2) is 35.3 Å². The van der Waals surface area contributed by atoms with Crippen molar-refractivity contribution in [3.8, 4) is 0 Å². The van der Waals surface area contributed by atoms with Crippen LogP contribution in [0.3, 0.4) is 0 Å². The number of rotatable bonds is 5. The predicted molar refractivity (Wildman–Crippen MR) is 112 cm³/mol. The van der Waals surface area contributed by atoms with E-state index >= 15 is 0 Å². The number of guanidine groups is 1. The third-order valence-electron chi connectivity index (χ3n) is 4.99. The molecule has 3 rings (SSSR count). The first-order valence-electron chi connectivity index (χ1n) is 8.30. The van der Waals surface area contributed by atoms with Crippen LogP contribution in [0, 0.1) is 0 Å². The number of aliphatic imine (C=N–C) groups is 1. The highest BCUT2D eigenvalue weighted by Crippen LogP contribution is 2.47. The average Bonchev–Trinajstić information content (AvgIpc) is 3.23. The maximum absolute atomic E-state index is 4.39. The molecule has 5 heteroatoms. The van der Waals surface area contributed by atoms with Crippen molar-refractivity contribution in [1.82, 2.24) is 10.6 Å². The van der Waals surface area contributed by atoms with Crippen molar-refractivity contribution in [3.05, 3.63) is 35.9 Å². The molecule has 1 unspecified atom stereocenters. The molecule has 128 valence electrons. The van der Waals surface area contributed by atoms with Gasteiger partial charge in [-0.2, -0.15) is 11.8 Å². The van der Waals surface area contributed by atoms with Crippen molar-refractivity contribution >= 4 is 41.7 Å². The van der Waals surface area contributed by atoms with Crippen molar-refractivity contribution in [3.63, 3.8) is 0 Å². The lowest BCUT2D eigenvalue weighted by Gasteiger charge is -2.25. The zero-order valence-electron chi connectivity index (χ0n) is 14.1. The Balaban J connectivity index is 0.00000192. The molecule has 2 aliphatic rings. The van der Waals surface area contributed by atoms with Gasteiger partial charge in [-0.05, 0) is 43.9 Å². The molecule has 23 heavy (non-hydrogen) atoms. The second-order valence-corrected chi connectivity index (χ2v) is 8.51. The Morgan fingerprint density at radius 1 is 1.13 bits per heavy atom. The number of halogens is 1. The molecule has 0 spiro atoms. The fourth-order valence-corrected chi connectivity index (χ4v) is 4.47. The van der Waals surface area contributed by atoms with Gasteiger partial charge in [0.25, 0.3) is 0 Å². The highest BCUT2D eigenvalue weighted by atomic mass is 127. The Bertz CT molecular complexity index is 522. The van der Waals surface area contributed by atoms with Gasteiger partial charge < -0.3 is 10.6 Å². The molecule has 2 fully saturated rings. The quantitative estimate of drug-likeness (QED) is 0.412. The summed E-state index contributed by atoms with van der Waals surface area (Å²) in [5.74, 6) is 2.23. The molecule has 1 atom stereocenters. The van der Waals surface area contributed by atoms with Crippen LogP contribution in [0.25, 0.3) is 0 Å². The number of benzene rings is 1. The molecule has 1 saturated heterocycles. The fourth-order valence-electron chi connectivity index (χ4n) is 3.23. The van der Waals surface area contributed by atoms with Crippen molar-refractivity contribution in [2.24, 2.45) is 4.99 Å². The van der Waals surface area contributed by atoms with E-state index in [1.165, 1.54) is 37.0 Å². The minimum absolute atomic E-state index is 0. The lowest BCUT2D eigenvalue weighted by atomic mass is 9.96. The molecule has 0 aromatic heterocycles. The highest BCUT2D eigenvalue weighted by Gasteiger charge is 2.44. The summed E-state index contributed by atoms with van der Waals surface area (Å²) in [6.45, 7) is 4.33. The Kier molecular flexibility index (Phi) is 6.66. The summed E-state index contributed by atoms with van der Waals surface area (Å²) in [5, 5.41) is 7.06. The molecule has 3 nitrogen and oxygen atoms in total. The fraction of sp³-hybridized carbons (Fsp3) is 0.611. The second kappa shape index (κ2) is 8.10. The van der Waals surface area contributed by atoms with Gasteiger partial charge in [0.15, 0.2) is 5.96 Å². The van der Waals surface area contributed by atoms with E-state index in [4.69, 9.17) is 0 Å². The summed E-state index contributed by atoms with van der Waals surface area (Å²) in [4.78, 5) is 4.39. The number of hydrogen-bond acceptors (Lipinski definition) is 2. The minimum Gasteiger partial charge on any atom is -0.356 e. The summed E-state index contributed by atoms with van der Waals surface area (Å²) in [6, 6.07) is 10.9. The van der Waals surface area contributed by atoms with Gasteiger partial charge in [0.05, 0.1) is 0 Å². The molecular weight excluding hydrogens is 417 g/mol. The van der Waals surface area contributed by atoms with Gasteiger partial charge in [-0.3, -0.25) is 4.99 Å². The lowest BCUT2D eigenvalue weighted by Crippen LogP contribution is -2.45. The van der Waals surface area contributed by atoms with E-state index in [0.29, 0.717) is 10.2 Å². The molecule has 1 aromatic carbocycles.